The number of amides is 1. The van der Waals surface area contributed by atoms with Crippen LogP contribution in [-0.4, -0.2) is 39.7 Å². The van der Waals surface area contributed by atoms with Crippen molar-refractivity contribution in [1.29, 1.82) is 0 Å². The van der Waals surface area contributed by atoms with Crippen molar-refractivity contribution in [3.8, 4) is 5.69 Å². The summed E-state index contributed by atoms with van der Waals surface area (Å²) < 4.78 is 1.83. The van der Waals surface area contributed by atoms with E-state index in [0.29, 0.717) is 11.5 Å². The zero-order chi connectivity index (χ0) is 19.8. The summed E-state index contributed by atoms with van der Waals surface area (Å²) in [4.78, 5) is 15.3. The Kier molecular flexibility index (Phi) is 5.43. The van der Waals surface area contributed by atoms with Gasteiger partial charge in [-0.05, 0) is 44.7 Å². The highest BCUT2D eigenvalue weighted by Crippen LogP contribution is 2.28. The van der Waals surface area contributed by atoms with Crippen molar-refractivity contribution in [2.75, 3.05) is 13.1 Å². The van der Waals surface area contributed by atoms with E-state index in [4.69, 9.17) is 10.8 Å². The van der Waals surface area contributed by atoms with Crippen molar-refractivity contribution in [2.24, 2.45) is 11.7 Å². The third-order valence-electron chi connectivity index (χ3n) is 5.44. The van der Waals surface area contributed by atoms with Crippen LogP contribution in [0, 0.1) is 12.8 Å². The first-order chi connectivity index (χ1) is 12.7. The molecule has 146 valence electrons. The number of carbonyl (C=O) groups is 1. The molecule has 0 aliphatic carbocycles. The molecule has 1 fully saturated rings. The highest BCUT2D eigenvalue weighted by atomic mass is 16.2. The summed E-state index contributed by atoms with van der Waals surface area (Å²) in [6.07, 6.45) is 3.99. The second kappa shape index (κ2) is 7.47. The molecule has 2 aromatic rings. The molecule has 1 saturated heterocycles. The van der Waals surface area contributed by atoms with E-state index >= 15 is 0 Å². The van der Waals surface area contributed by atoms with Crippen molar-refractivity contribution in [3.05, 3.63) is 47.3 Å². The predicted octanol–water partition coefficient (Wildman–Crippen LogP) is 3.68. The molecule has 27 heavy (non-hydrogen) atoms. The summed E-state index contributed by atoms with van der Waals surface area (Å²) in [6, 6.07) is 8.31. The average molecular weight is 369 g/mol. The first kappa shape index (κ1) is 19.6. The molecule has 2 atom stereocenters. The van der Waals surface area contributed by atoms with Crippen LogP contribution in [0.2, 0.25) is 0 Å². The fraction of sp³-hybridized carbons (Fsp3) is 0.545. The number of hydrogen-bond acceptors (Lipinski definition) is 3. The van der Waals surface area contributed by atoms with Gasteiger partial charge < -0.3 is 10.6 Å². The van der Waals surface area contributed by atoms with E-state index in [1.165, 1.54) is 5.56 Å². The van der Waals surface area contributed by atoms with E-state index in [1.807, 2.05) is 34.8 Å². The topological polar surface area (TPSA) is 64.2 Å². The Morgan fingerprint density at radius 3 is 2.52 bits per heavy atom. The molecule has 3 rings (SSSR count). The number of nitrogens with zero attached hydrogens (tertiary/aromatic N) is 3. The minimum Gasteiger partial charge on any atom is -0.338 e. The van der Waals surface area contributed by atoms with Crippen LogP contribution in [0.1, 0.15) is 62.2 Å². The molecule has 1 amide bonds. The van der Waals surface area contributed by atoms with Gasteiger partial charge in [0.2, 0.25) is 0 Å². The summed E-state index contributed by atoms with van der Waals surface area (Å²) >= 11 is 0. The summed E-state index contributed by atoms with van der Waals surface area (Å²) in [5, 5.41) is 4.80. The van der Waals surface area contributed by atoms with Crippen molar-refractivity contribution in [3.63, 3.8) is 0 Å². The molecule has 0 radical (unpaired) electrons. The van der Waals surface area contributed by atoms with E-state index in [0.717, 1.165) is 37.3 Å². The molecular weight excluding hydrogens is 336 g/mol. The minimum absolute atomic E-state index is 0.0728. The molecule has 2 unspecified atom stereocenters. The number of rotatable bonds is 3. The predicted molar refractivity (Wildman–Crippen MR) is 109 cm³/mol. The van der Waals surface area contributed by atoms with Gasteiger partial charge in [0.05, 0.1) is 16.9 Å². The molecule has 0 spiro atoms. The molecule has 0 bridgehead atoms. The lowest BCUT2D eigenvalue weighted by Crippen LogP contribution is -2.45. The smallest absolute Gasteiger partial charge is 0.257 e. The highest BCUT2D eigenvalue weighted by molar-refractivity contribution is 5.95. The van der Waals surface area contributed by atoms with E-state index < -0.39 is 0 Å². The molecule has 1 aromatic heterocycles. The lowest BCUT2D eigenvalue weighted by atomic mass is 9.88. The molecule has 2 heterocycles. The SMILES string of the molecule is Cc1ccc(-n2cc(C(=O)N3CCCC(C(C)N)C3)c(C(C)(C)C)n2)cc1. The first-order valence-corrected chi connectivity index (χ1v) is 9.89. The first-order valence-electron chi connectivity index (χ1n) is 9.89. The van der Waals surface area contributed by atoms with Crippen LogP contribution >= 0.6 is 0 Å². The van der Waals surface area contributed by atoms with Gasteiger partial charge in [0.15, 0.2) is 0 Å². The van der Waals surface area contributed by atoms with E-state index in [2.05, 4.69) is 39.8 Å². The Bertz CT molecular complexity index is 799. The van der Waals surface area contributed by atoms with Gasteiger partial charge in [-0.3, -0.25) is 4.79 Å². The molecule has 1 aromatic carbocycles. The Labute approximate surface area is 162 Å². The molecule has 1 aliphatic heterocycles. The van der Waals surface area contributed by atoms with Gasteiger partial charge in [-0.25, -0.2) is 4.68 Å². The fourth-order valence-corrected chi connectivity index (χ4v) is 3.71. The Morgan fingerprint density at radius 2 is 1.93 bits per heavy atom. The van der Waals surface area contributed by atoms with Crippen LogP contribution in [0.15, 0.2) is 30.5 Å². The van der Waals surface area contributed by atoms with Gasteiger partial charge in [-0.15, -0.1) is 0 Å². The number of carbonyl (C=O) groups excluding carboxylic acids is 1. The molecule has 5 heteroatoms. The fourth-order valence-electron chi connectivity index (χ4n) is 3.71. The van der Waals surface area contributed by atoms with Crippen LogP contribution < -0.4 is 5.73 Å². The lowest BCUT2D eigenvalue weighted by molar-refractivity contribution is 0.0658. The second-order valence-electron chi connectivity index (χ2n) is 8.93. The summed E-state index contributed by atoms with van der Waals surface area (Å²) in [5.74, 6) is 0.441. The third kappa shape index (κ3) is 4.24. The zero-order valence-electron chi connectivity index (χ0n) is 17.2. The third-order valence-corrected chi connectivity index (χ3v) is 5.44. The van der Waals surface area contributed by atoms with Gasteiger partial charge >= 0.3 is 0 Å². The molecule has 2 N–H and O–H groups in total. The molecule has 5 nitrogen and oxygen atoms in total. The Morgan fingerprint density at radius 1 is 1.26 bits per heavy atom. The number of aryl methyl sites for hydroxylation is 1. The monoisotopic (exact) mass is 368 g/mol. The lowest BCUT2D eigenvalue weighted by Gasteiger charge is -2.35. The number of likely N-dealkylation sites (tertiary alicyclic amines) is 1. The Hall–Kier alpha value is -2.14. The van der Waals surface area contributed by atoms with Crippen LogP contribution in [0.4, 0.5) is 0 Å². The van der Waals surface area contributed by atoms with Gasteiger partial charge in [0.1, 0.15) is 0 Å². The average Bonchev–Trinajstić information content (AvgIpc) is 3.07. The Balaban J connectivity index is 1.95. The highest BCUT2D eigenvalue weighted by Gasteiger charge is 2.32. The second-order valence-corrected chi connectivity index (χ2v) is 8.93. The number of aromatic nitrogens is 2. The van der Waals surface area contributed by atoms with Crippen molar-refractivity contribution in [2.45, 2.75) is 58.9 Å². The van der Waals surface area contributed by atoms with Crippen LogP contribution in [0.25, 0.3) is 5.69 Å². The maximum atomic E-state index is 13.4. The van der Waals surface area contributed by atoms with Crippen LogP contribution in [-0.2, 0) is 5.41 Å². The van der Waals surface area contributed by atoms with Crippen LogP contribution in [0.5, 0.6) is 0 Å². The standard InChI is InChI=1S/C22H32N4O/c1-15-8-10-18(11-9-15)26-14-19(20(24-26)22(3,4)5)21(27)25-12-6-7-17(13-25)16(2)23/h8-11,14,16-17H,6-7,12-13,23H2,1-5H3. The summed E-state index contributed by atoms with van der Waals surface area (Å²) in [5.41, 5.74) is 9.61. The van der Waals surface area contributed by atoms with Crippen molar-refractivity contribution < 1.29 is 4.79 Å². The maximum Gasteiger partial charge on any atom is 0.257 e. The maximum absolute atomic E-state index is 13.4. The van der Waals surface area contributed by atoms with Gasteiger partial charge in [-0.2, -0.15) is 5.10 Å². The van der Waals surface area contributed by atoms with E-state index in [9.17, 15) is 4.79 Å². The minimum atomic E-state index is -0.211. The number of nitrogens with two attached hydrogens (primary N) is 1. The number of piperidine rings is 1. The van der Waals surface area contributed by atoms with E-state index in [1.54, 1.807) is 0 Å². The largest absolute Gasteiger partial charge is 0.338 e. The quantitative estimate of drug-likeness (QED) is 0.899. The number of hydrogen-bond donors (Lipinski definition) is 1. The molecular formula is C22H32N4O. The van der Waals surface area contributed by atoms with Gasteiger partial charge in [0, 0.05) is 30.7 Å². The van der Waals surface area contributed by atoms with Gasteiger partial charge in [-0.1, -0.05) is 38.5 Å². The summed E-state index contributed by atoms with van der Waals surface area (Å²) in [6.45, 7) is 11.9. The number of benzene rings is 1. The molecule has 1 aliphatic rings. The van der Waals surface area contributed by atoms with Crippen molar-refractivity contribution >= 4 is 5.91 Å². The van der Waals surface area contributed by atoms with Crippen LogP contribution in [0.3, 0.4) is 0 Å². The summed E-state index contributed by atoms with van der Waals surface area (Å²) in [7, 11) is 0. The normalized spacial score (nSPS) is 19.2. The molecule has 0 saturated carbocycles. The zero-order valence-corrected chi connectivity index (χ0v) is 17.2. The van der Waals surface area contributed by atoms with Gasteiger partial charge in [0.25, 0.3) is 5.91 Å². The van der Waals surface area contributed by atoms with Crippen molar-refractivity contribution in [1.82, 2.24) is 14.7 Å². The van der Waals surface area contributed by atoms with E-state index in [-0.39, 0.29) is 17.4 Å².